The molecule has 3 atom stereocenters. The molecule has 0 aromatic heterocycles. The molecule has 3 aliphatic rings. The Labute approximate surface area is 89.8 Å². The molecule has 0 bridgehead atoms. The van der Waals surface area contributed by atoms with E-state index in [0.29, 0.717) is 6.42 Å². The predicted octanol–water partition coefficient (Wildman–Crippen LogP) is 1.64. The summed E-state index contributed by atoms with van der Waals surface area (Å²) in [6.45, 7) is 5.09. The highest BCUT2D eigenvalue weighted by Gasteiger charge is 2.61. The molecule has 3 rings (SSSR count). The van der Waals surface area contributed by atoms with E-state index in [1.807, 2.05) is 0 Å². The molecule has 15 heavy (non-hydrogen) atoms. The van der Waals surface area contributed by atoms with Crippen molar-refractivity contribution in [3.63, 3.8) is 0 Å². The summed E-state index contributed by atoms with van der Waals surface area (Å²) in [5.74, 6) is 0.203. The normalized spacial score (nSPS) is 42.8. The third-order valence-electron chi connectivity index (χ3n) is 4.31. The Morgan fingerprint density at radius 1 is 1.67 bits per heavy atom. The van der Waals surface area contributed by atoms with Gasteiger partial charge >= 0.3 is 5.97 Å². The topological polar surface area (TPSA) is 40.5 Å². The molecule has 0 aromatic rings. The number of carboxylic acid groups (broad SMARTS) is 1. The standard InChI is InChI=1S/C12H17NO2/c1-8-5-12(3-2-11(14)15)6-9-4-10(9)13(12)7-8/h9-10H,1-7H2,(H,14,15)/t9-,10-,12?/m1/s1. The van der Waals surface area contributed by atoms with E-state index in [4.69, 9.17) is 5.11 Å². The minimum Gasteiger partial charge on any atom is -0.481 e. The summed E-state index contributed by atoms with van der Waals surface area (Å²) in [6, 6.07) is 0.762. The largest absolute Gasteiger partial charge is 0.481 e. The quantitative estimate of drug-likeness (QED) is 0.715. The van der Waals surface area contributed by atoms with Gasteiger partial charge in [0.2, 0.25) is 0 Å². The number of aliphatic carboxylic acids is 1. The molecule has 1 N–H and O–H groups in total. The van der Waals surface area contributed by atoms with Crippen LogP contribution in [0.4, 0.5) is 0 Å². The van der Waals surface area contributed by atoms with Gasteiger partial charge in [-0.15, -0.1) is 0 Å². The van der Waals surface area contributed by atoms with Crippen LogP contribution >= 0.6 is 0 Å². The molecule has 2 saturated heterocycles. The first-order valence-corrected chi connectivity index (χ1v) is 5.76. The molecule has 0 radical (unpaired) electrons. The Hall–Kier alpha value is -0.830. The number of hydrogen-bond donors (Lipinski definition) is 1. The lowest BCUT2D eigenvalue weighted by molar-refractivity contribution is -0.137. The highest BCUT2D eigenvalue weighted by molar-refractivity contribution is 5.66. The average molecular weight is 207 g/mol. The minimum absolute atomic E-state index is 0.184. The Morgan fingerprint density at radius 2 is 2.47 bits per heavy atom. The molecular weight excluding hydrogens is 190 g/mol. The van der Waals surface area contributed by atoms with Gasteiger partial charge < -0.3 is 5.11 Å². The first kappa shape index (κ1) is 9.40. The number of piperidine rings is 1. The second-order valence-corrected chi connectivity index (χ2v) is 5.44. The molecular formula is C12H17NO2. The van der Waals surface area contributed by atoms with Gasteiger partial charge in [0.05, 0.1) is 0 Å². The molecule has 0 aromatic carbocycles. The van der Waals surface area contributed by atoms with Gasteiger partial charge in [-0.2, -0.15) is 0 Å². The lowest BCUT2D eigenvalue weighted by atomic mass is 9.86. The maximum atomic E-state index is 10.7. The molecule has 0 spiro atoms. The van der Waals surface area contributed by atoms with Crippen LogP contribution in [0.25, 0.3) is 0 Å². The van der Waals surface area contributed by atoms with Gasteiger partial charge in [0.1, 0.15) is 0 Å². The highest BCUT2D eigenvalue weighted by atomic mass is 16.4. The molecule has 1 unspecified atom stereocenters. The van der Waals surface area contributed by atoms with Crippen molar-refractivity contribution in [3.8, 4) is 0 Å². The number of carboxylic acids is 1. The second-order valence-electron chi connectivity index (χ2n) is 5.44. The maximum Gasteiger partial charge on any atom is 0.303 e. The first-order valence-electron chi connectivity index (χ1n) is 5.76. The van der Waals surface area contributed by atoms with E-state index in [-0.39, 0.29) is 5.54 Å². The maximum absolute atomic E-state index is 10.7. The summed E-state index contributed by atoms with van der Waals surface area (Å²) in [6.07, 6.45) is 4.71. The van der Waals surface area contributed by atoms with Crippen molar-refractivity contribution >= 4 is 5.97 Å². The molecule has 3 fully saturated rings. The highest BCUT2D eigenvalue weighted by Crippen LogP contribution is 2.58. The van der Waals surface area contributed by atoms with Gasteiger partial charge in [0, 0.05) is 24.5 Å². The van der Waals surface area contributed by atoms with Crippen LogP contribution < -0.4 is 0 Å². The van der Waals surface area contributed by atoms with E-state index in [1.165, 1.54) is 18.4 Å². The Bertz CT molecular complexity index is 339. The van der Waals surface area contributed by atoms with Crippen molar-refractivity contribution in [2.45, 2.75) is 43.7 Å². The molecule has 1 saturated carbocycles. The predicted molar refractivity (Wildman–Crippen MR) is 56.6 cm³/mol. The fourth-order valence-electron chi connectivity index (χ4n) is 3.68. The monoisotopic (exact) mass is 207 g/mol. The third-order valence-corrected chi connectivity index (χ3v) is 4.31. The van der Waals surface area contributed by atoms with Crippen molar-refractivity contribution in [3.05, 3.63) is 12.2 Å². The van der Waals surface area contributed by atoms with E-state index in [9.17, 15) is 4.79 Å². The first-order chi connectivity index (χ1) is 7.11. The molecule has 2 aliphatic heterocycles. The number of carbonyl (C=O) groups is 1. The number of rotatable bonds is 3. The van der Waals surface area contributed by atoms with Crippen LogP contribution in [-0.2, 0) is 4.79 Å². The fraction of sp³-hybridized carbons (Fsp3) is 0.750. The third kappa shape index (κ3) is 1.33. The molecule has 0 amide bonds. The van der Waals surface area contributed by atoms with Crippen LogP contribution in [0, 0.1) is 5.92 Å². The van der Waals surface area contributed by atoms with Gasteiger partial charge in [-0.3, -0.25) is 9.69 Å². The fourth-order valence-corrected chi connectivity index (χ4v) is 3.68. The van der Waals surface area contributed by atoms with E-state index in [1.54, 1.807) is 0 Å². The SMILES string of the molecule is C=C1CN2[C@@H]3C[C@@H]3CC2(CCC(=O)O)C1. The van der Waals surface area contributed by atoms with E-state index in [2.05, 4.69) is 11.5 Å². The lowest BCUT2D eigenvalue weighted by Crippen LogP contribution is -2.41. The lowest BCUT2D eigenvalue weighted by Gasteiger charge is -2.34. The number of nitrogens with zero attached hydrogens (tertiary/aromatic N) is 1. The zero-order valence-corrected chi connectivity index (χ0v) is 8.91. The van der Waals surface area contributed by atoms with Crippen molar-refractivity contribution in [1.82, 2.24) is 4.90 Å². The zero-order chi connectivity index (χ0) is 10.6. The van der Waals surface area contributed by atoms with Gasteiger partial charge in [-0.25, -0.2) is 0 Å². The summed E-state index contributed by atoms with van der Waals surface area (Å²) in [7, 11) is 0. The number of hydrogen-bond acceptors (Lipinski definition) is 2. The Morgan fingerprint density at radius 3 is 3.20 bits per heavy atom. The Balaban J connectivity index is 1.77. The van der Waals surface area contributed by atoms with Crippen molar-refractivity contribution in [1.29, 1.82) is 0 Å². The van der Waals surface area contributed by atoms with E-state index < -0.39 is 5.97 Å². The summed E-state index contributed by atoms with van der Waals surface area (Å²) in [5, 5.41) is 8.79. The minimum atomic E-state index is -0.664. The van der Waals surface area contributed by atoms with Gasteiger partial charge in [0.25, 0.3) is 0 Å². The second kappa shape index (κ2) is 2.85. The summed E-state index contributed by atoms with van der Waals surface area (Å²) in [5.41, 5.74) is 1.48. The van der Waals surface area contributed by atoms with Crippen LogP contribution in [-0.4, -0.2) is 34.1 Å². The van der Waals surface area contributed by atoms with Gasteiger partial charge in [-0.1, -0.05) is 12.2 Å². The van der Waals surface area contributed by atoms with Crippen LogP contribution in [0.3, 0.4) is 0 Å². The van der Waals surface area contributed by atoms with Crippen LogP contribution in [0.1, 0.15) is 32.1 Å². The van der Waals surface area contributed by atoms with E-state index >= 15 is 0 Å². The summed E-state index contributed by atoms with van der Waals surface area (Å²) in [4.78, 5) is 13.2. The van der Waals surface area contributed by atoms with E-state index in [0.717, 1.165) is 31.3 Å². The molecule has 1 aliphatic carbocycles. The van der Waals surface area contributed by atoms with Crippen LogP contribution in [0.15, 0.2) is 12.2 Å². The van der Waals surface area contributed by atoms with Crippen molar-refractivity contribution in [2.24, 2.45) is 5.92 Å². The average Bonchev–Trinajstić information content (AvgIpc) is 2.71. The molecule has 3 heteroatoms. The molecule has 2 heterocycles. The molecule has 3 nitrogen and oxygen atoms in total. The molecule has 82 valence electrons. The Kier molecular flexibility index (Phi) is 1.78. The van der Waals surface area contributed by atoms with Crippen molar-refractivity contribution in [2.75, 3.05) is 6.54 Å². The van der Waals surface area contributed by atoms with Gasteiger partial charge in [0.15, 0.2) is 0 Å². The van der Waals surface area contributed by atoms with Crippen molar-refractivity contribution < 1.29 is 9.90 Å². The smallest absolute Gasteiger partial charge is 0.303 e. The summed E-state index contributed by atoms with van der Waals surface area (Å²) >= 11 is 0. The zero-order valence-electron chi connectivity index (χ0n) is 8.91. The summed E-state index contributed by atoms with van der Waals surface area (Å²) < 4.78 is 0. The van der Waals surface area contributed by atoms with Crippen LogP contribution in [0.5, 0.6) is 0 Å². The number of fused-ring (bicyclic) bond motifs is 3. The van der Waals surface area contributed by atoms with Crippen LogP contribution in [0.2, 0.25) is 0 Å². The van der Waals surface area contributed by atoms with Gasteiger partial charge in [-0.05, 0) is 31.6 Å².